The second kappa shape index (κ2) is 6.05. The van der Waals surface area contributed by atoms with E-state index in [0.717, 1.165) is 12.8 Å². The van der Waals surface area contributed by atoms with Crippen LogP contribution in [0.25, 0.3) is 16.8 Å². The molecule has 0 aliphatic carbocycles. The SMILES string of the molecule is C[n+]1c(O)c(-c2ccccc2)c(=O)n2c1[C@@H]1CCCN1C(=O)c1ccccc1-2. The molecule has 0 saturated carbocycles. The van der Waals surface area contributed by atoms with Gasteiger partial charge in [0.05, 0.1) is 12.6 Å². The van der Waals surface area contributed by atoms with Crippen LogP contribution in [-0.4, -0.2) is 27.0 Å². The van der Waals surface area contributed by atoms with Crippen molar-refractivity contribution in [1.29, 1.82) is 0 Å². The van der Waals surface area contributed by atoms with Crippen LogP contribution in [0.5, 0.6) is 5.88 Å². The molecule has 0 spiro atoms. The first-order valence-corrected chi connectivity index (χ1v) is 9.43. The van der Waals surface area contributed by atoms with Gasteiger partial charge >= 0.3 is 5.56 Å². The Hall–Kier alpha value is -3.41. The number of hydrogen-bond acceptors (Lipinski definition) is 3. The van der Waals surface area contributed by atoms with E-state index in [9.17, 15) is 14.7 Å². The Labute approximate surface area is 161 Å². The Balaban J connectivity index is 1.93. The van der Waals surface area contributed by atoms with Crippen LogP contribution in [0.4, 0.5) is 0 Å². The number of carbonyl (C=O) groups is 1. The fourth-order valence-electron chi connectivity index (χ4n) is 4.48. The first kappa shape index (κ1) is 16.7. The molecule has 2 aromatic carbocycles. The van der Waals surface area contributed by atoms with Gasteiger partial charge in [-0.05, 0) is 30.5 Å². The monoisotopic (exact) mass is 374 g/mol. The van der Waals surface area contributed by atoms with Crippen LogP contribution in [0.3, 0.4) is 0 Å². The lowest BCUT2D eigenvalue weighted by Crippen LogP contribution is -2.46. The Morgan fingerprint density at radius 2 is 1.75 bits per heavy atom. The van der Waals surface area contributed by atoms with Gasteiger partial charge in [-0.3, -0.25) is 4.79 Å². The van der Waals surface area contributed by atoms with E-state index in [1.807, 2.05) is 35.2 Å². The molecule has 2 aliphatic heterocycles. The summed E-state index contributed by atoms with van der Waals surface area (Å²) in [4.78, 5) is 28.7. The highest BCUT2D eigenvalue weighted by Gasteiger charge is 2.45. The first-order valence-electron chi connectivity index (χ1n) is 9.43. The van der Waals surface area contributed by atoms with E-state index in [0.29, 0.717) is 29.2 Å². The number of aromatic nitrogens is 2. The molecular formula is C22H20N3O3+. The summed E-state index contributed by atoms with van der Waals surface area (Å²) < 4.78 is 3.27. The molecule has 6 nitrogen and oxygen atoms in total. The van der Waals surface area contributed by atoms with Gasteiger partial charge in [0.25, 0.3) is 17.6 Å². The zero-order chi connectivity index (χ0) is 19.4. The molecule has 5 rings (SSSR count). The van der Waals surface area contributed by atoms with Gasteiger partial charge in [-0.2, -0.15) is 4.57 Å². The highest BCUT2D eigenvalue weighted by atomic mass is 16.3. The van der Waals surface area contributed by atoms with Crippen molar-refractivity contribution in [3.05, 3.63) is 76.3 Å². The topological polar surface area (TPSA) is 66.4 Å². The van der Waals surface area contributed by atoms with E-state index in [4.69, 9.17) is 0 Å². The molecule has 3 heterocycles. The van der Waals surface area contributed by atoms with Crippen molar-refractivity contribution in [2.24, 2.45) is 7.05 Å². The Kier molecular flexibility index (Phi) is 3.62. The predicted octanol–water partition coefficient (Wildman–Crippen LogP) is 2.33. The Morgan fingerprint density at radius 3 is 2.54 bits per heavy atom. The van der Waals surface area contributed by atoms with Crippen molar-refractivity contribution < 1.29 is 14.5 Å². The fraction of sp³-hybridized carbons (Fsp3) is 0.227. The van der Waals surface area contributed by atoms with Gasteiger partial charge in [0.1, 0.15) is 11.7 Å². The maximum absolute atomic E-state index is 13.7. The largest absolute Gasteiger partial charge is 0.477 e. The molecule has 1 amide bonds. The van der Waals surface area contributed by atoms with Crippen molar-refractivity contribution in [2.45, 2.75) is 18.9 Å². The minimum Gasteiger partial charge on any atom is -0.477 e. The summed E-state index contributed by atoms with van der Waals surface area (Å²) in [5.74, 6) is 0.487. The van der Waals surface area contributed by atoms with E-state index in [1.165, 1.54) is 0 Å². The summed E-state index contributed by atoms with van der Waals surface area (Å²) in [6.45, 7) is 0.646. The molecule has 1 aromatic heterocycles. The minimum atomic E-state index is -0.314. The number of rotatable bonds is 1. The molecule has 1 fully saturated rings. The summed E-state index contributed by atoms with van der Waals surface area (Å²) in [5, 5.41) is 11.0. The molecular weight excluding hydrogens is 354 g/mol. The second-order valence-electron chi connectivity index (χ2n) is 7.30. The lowest BCUT2D eigenvalue weighted by Gasteiger charge is -2.21. The highest BCUT2D eigenvalue weighted by molar-refractivity contribution is 5.98. The van der Waals surface area contributed by atoms with Gasteiger partial charge in [0.2, 0.25) is 0 Å². The lowest BCUT2D eigenvalue weighted by atomic mass is 10.1. The van der Waals surface area contributed by atoms with Crippen molar-refractivity contribution in [2.75, 3.05) is 6.54 Å². The zero-order valence-electron chi connectivity index (χ0n) is 15.5. The normalized spacial score (nSPS) is 17.7. The van der Waals surface area contributed by atoms with Crippen LogP contribution in [0.1, 0.15) is 35.1 Å². The van der Waals surface area contributed by atoms with Crippen molar-refractivity contribution >= 4 is 5.91 Å². The summed E-state index contributed by atoms with van der Waals surface area (Å²) >= 11 is 0. The molecule has 1 atom stereocenters. The number of para-hydroxylation sites is 1. The van der Waals surface area contributed by atoms with Crippen molar-refractivity contribution in [3.63, 3.8) is 0 Å². The van der Waals surface area contributed by atoms with Gasteiger partial charge in [0, 0.05) is 6.54 Å². The van der Waals surface area contributed by atoms with Gasteiger partial charge in [-0.25, -0.2) is 9.36 Å². The number of benzene rings is 2. The molecule has 0 radical (unpaired) electrons. The first-order chi connectivity index (χ1) is 13.6. The maximum Gasteiger partial charge on any atom is 0.354 e. The summed E-state index contributed by atoms with van der Waals surface area (Å²) in [6.07, 6.45) is 1.63. The number of hydrogen-bond donors (Lipinski definition) is 1. The Morgan fingerprint density at radius 1 is 1.04 bits per heavy atom. The van der Waals surface area contributed by atoms with Crippen LogP contribution < -0.4 is 10.1 Å². The molecule has 6 heteroatoms. The number of nitrogens with zero attached hydrogens (tertiary/aromatic N) is 3. The molecule has 1 saturated heterocycles. The molecule has 3 aromatic rings. The quantitative estimate of drug-likeness (QED) is 0.665. The molecule has 0 unspecified atom stereocenters. The third-order valence-electron chi connectivity index (χ3n) is 5.78. The van der Waals surface area contributed by atoms with Crippen LogP contribution in [0, 0.1) is 0 Å². The second-order valence-corrected chi connectivity index (χ2v) is 7.30. The number of amides is 1. The summed E-state index contributed by atoms with van der Waals surface area (Å²) in [5.41, 5.74) is 1.65. The highest BCUT2D eigenvalue weighted by Crippen LogP contribution is 2.37. The minimum absolute atomic E-state index is 0.0676. The smallest absolute Gasteiger partial charge is 0.354 e. The molecule has 1 N–H and O–H groups in total. The zero-order valence-corrected chi connectivity index (χ0v) is 15.5. The summed E-state index contributed by atoms with van der Waals surface area (Å²) in [6, 6.07) is 16.1. The van der Waals surface area contributed by atoms with E-state index in [1.54, 1.807) is 40.4 Å². The molecule has 0 bridgehead atoms. The van der Waals surface area contributed by atoms with Crippen LogP contribution in [0.2, 0.25) is 0 Å². The van der Waals surface area contributed by atoms with E-state index < -0.39 is 0 Å². The van der Waals surface area contributed by atoms with Crippen LogP contribution in [0.15, 0.2) is 59.4 Å². The maximum atomic E-state index is 13.7. The molecule has 28 heavy (non-hydrogen) atoms. The number of fused-ring (bicyclic) bond motifs is 5. The standard InChI is InChI=1S/C22H19N3O3/c1-23-19-17-12-7-13-24(17)20(26)15-10-5-6-11-16(15)25(19)22(28)18(21(23)27)14-8-3-2-4-9-14/h2-6,8-11,17H,7,12-13H2,1H3/p+1/t17-/m0/s1. The number of aromatic hydroxyl groups is 1. The average Bonchev–Trinajstić information content (AvgIpc) is 3.17. The van der Waals surface area contributed by atoms with Gasteiger partial charge in [-0.15, -0.1) is 0 Å². The van der Waals surface area contributed by atoms with Gasteiger partial charge in [0.15, 0.2) is 5.56 Å². The van der Waals surface area contributed by atoms with E-state index >= 15 is 0 Å². The third kappa shape index (κ3) is 2.17. The van der Waals surface area contributed by atoms with E-state index in [2.05, 4.69) is 0 Å². The average molecular weight is 374 g/mol. The lowest BCUT2D eigenvalue weighted by molar-refractivity contribution is -0.691. The van der Waals surface area contributed by atoms with Crippen molar-refractivity contribution in [1.82, 2.24) is 9.47 Å². The molecule has 140 valence electrons. The van der Waals surface area contributed by atoms with Gasteiger partial charge < -0.3 is 10.0 Å². The molecule has 2 aliphatic rings. The predicted molar refractivity (Wildman–Crippen MR) is 103 cm³/mol. The Bertz CT molecular complexity index is 1170. The summed E-state index contributed by atoms with van der Waals surface area (Å²) in [7, 11) is 1.75. The van der Waals surface area contributed by atoms with Crippen LogP contribution >= 0.6 is 0 Å². The van der Waals surface area contributed by atoms with Crippen molar-refractivity contribution in [3.8, 4) is 22.7 Å². The van der Waals surface area contributed by atoms with E-state index in [-0.39, 0.29) is 29.0 Å². The van der Waals surface area contributed by atoms with Gasteiger partial charge in [-0.1, -0.05) is 42.5 Å². The fourth-order valence-corrected chi connectivity index (χ4v) is 4.48. The van der Waals surface area contributed by atoms with Crippen LogP contribution in [-0.2, 0) is 7.05 Å². The number of carbonyl (C=O) groups excluding carboxylic acids is 1. The third-order valence-corrected chi connectivity index (χ3v) is 5.78.